The number of carbonyl (C=O) groups is 2. The highest BCUT2D eigenvalue weighted by Gasteiger charge is 2.27. The van der Waals surface area contributed by atoms with Gasteiger partial charge < -0.3 is 29.3 Å². The molecule has 4 aliphatic rings. The summed E-state index contributed by atoms with van der Waals surface area (Å²) in [6.45, 7) is -0.195. The number of hydrogen-bond donors (Lipinski definition) is 3. The van der Waals surface area contributed by atoms with Crippen molar-refractivity contribution in [1.29, 1.82) is 0 Å². The molecule has 2 aromatic rings. The summed E-state index contributed by atoms with van der Waals surface area (Å²) in [6, 6.07) is 3.54. The van der Waals surface area contributed by atoms with Crippen LogP contribution in [-0.4, -0.2) is 51.1 Å². The van der Waals surface area contributed by atoms with Gasteiger partial charge in [0.2, 0.25) is 0 Å². The third kappa shape index (κ3) is 12.7. The molecular weight excluding hydrogens is 454 g/mol. The van der Waals surface area contributed by atoms with Crippen molar-refractivity contribution < 1.29 is 34.1 Å². The maximum atomic E-state index is 10.1. The fourth-order valence-electron chi connectivity index (χ4n) is 2.48. The molecule has 4 aliphatic carbocycles. The molecule has 0 amide bonds. The number of rotatable bonds is 6. The molecule has 0 aliphatic heterocycles. The van der Waals surface area contributed by atoms with E-state index in [9.17, 15) is 9.59 Å². The zero-order valence-electron chi connectivity index (χ0n) is 19.7. The quantitative estimate of drug-likeness (QED) is 0.182. The molecule has 4 fully saturated rings. The second-order valence-electron chi connectivity index (χ2n) is 8.63. The number of carbonyl (C=O) groups excluding carboxylic acids is 2. The van der Waals surface area contributed by atoms with E-state index in [1.807, 2.05) is 12.0 Å². The topological polar surface area (TPSA) is 159 Å². The third-order valence-corrected chi connectivity index (χ3v) is 5.19. The molecule has 6 rings (SSSR count). The van der Waals surface area contributed by atoms with Crippen molar-refractivity contribution in [2.75, 3.05) is 6.61 Å². The lowest BCUT2D eigenvalue weighted by atomic mass is 10.3. The number of nitrogens with zero attached hydrogens (tertiary/aromatic N) is 3. The van der Waals surface area contributed by atoms with Crippen LogP contribution in [0.5, 0.6) is 0 Å². The summed E-state index contributed by atoms with van der Waals surface area (Å²) < 4.78 is 9.51. The Morgan fingerprint density at radius 2 is 1.49 bits per heavy atom. The van der Waals surface area contributed by atoms with Gasteiger partial charge in [0.05, 0.1) is 11.4 Å². The first-order chi connectivity index (χ1) is 17.1. The molecule has 0 bridgehead atoms. The number of terminal acetylenes is 1. The Morgan fingerprint density at radius 1 is 0.943 bits per heavy atom. The van der Waals surface area contributed by atoms with Crippen molar-refractivity contribution in [3.05, 3.63) is 35.0 Å². The van der Waals surface area contributed by atoms with Crippen LogP contribution in [0.2, 0.25) is 0 Å². The molecule has 0 atom stereocenters. The number of aliphatic hydroxyl groups is 2. The van der Waals surface area contributed by atoms with Crippen molar-refractivity contribution in [3.8, 4) is 12.3 Å². The summed E-state index contributed by atoms with van der Waals surface area (Å²) in [5.74, 6) is 5.13. The highest BCUT2D eigenvalue weighted by molar-refractivity contribution is 5.70. The van der Waals surface area contributed by atoms with Crippen LogP contribution in [-0.2, 0) is 11.4 Å². The van der Waals surface area contributed by atoms with Gasteiger partial charge in [-0.05, 0) is 57.3 Å². The standard InChI is InChI=1S/C7H9NO2.C7H7NO2.C4H7NO.C4H6O.C3H4O/c2*9-4-6-3-7(8-10-6)5-1-2-5;6-5-3-4-1-2-4;5-3-4-1-2-4;1-2-3-4/h3,5,9H,1-2,4H2;3-5H,1-2H2;3-4,6H,1-2H2;3-4H,1-2H2;1,4H,3H2/b;;5-3+;;. The summed E-state index contributed by atoms with van der Waals surface area (Å²) in [5.41, 5.74) is 1.94. The largest absolute Gasteiger partial charge is 0.411 e. The SMILES string of the molecule is C#CCO.O/N=C/C1CC1.O=CC1CC1.O=Cc1cc(C2CC2)no1.OCc1cc(C2CC2)no1. The lowest BCUT2D eigenvalue weighted by molar-refractivity contribution is -0.108. The normalized spacial score (nSPS) is 17.6. The Balaban J connectivity index is 0.000000162. The van der Waals surface area contributed by atoms with Crippen molar-refractivity contribution in [3.63, 3.8) is 0 Å². The van der Waals surface area contributed by atoms with Gasteiger partial charge in [0.1, 0.15) is 19.5 Å². The Morgan fingerprint density at radius 3 is 1.77 bits per heavy atom. The molecule has 10 nitrogen and oxygen atoms in total. The van der Waals surface area contributed by atoms with Crippen molar-refractivity contribution in [1.82, 2.24) is 10.3 Å². The van der Waals surface area contributed by atoms with Gasteiger partial charge in [0.25, 0.3) is 0 Å². The average molecular weight is 488 g/mol. The Labute approximate surface area is 204 Å². The Kier molecular flexibility index (Phi) is 12.4. The molecule has 0 unspecified atom stereocenters. The van der Waals surface area contributed by atoms with E-state index in [0.717, 1.165) is 30.5 Å². The van der Waals surface area contributed by atoms with Gasteiger partial charge in [0, 0.05) is 36.1 Å². The van der Waals surface area contributed by atoms with Crippen LogP contribution >= 0.6 is 0 Å². The van der Waals surface area contributed by atoms with E-state index in [1.54, 1.807) is 12.3 Å². The zero-order valence-corrected chi connectivity index (χ0v) is 19.7. The predicted molar refractivity (Wildman–Crippen MR) is 126 cm³/mol. The molecule has 0 aromatic carbocycles. The fraction of sp³-hybridized carbons (Fsp3) is 0.560. The summed E-state index contributed by atoms with van der Waals surface area (Å²) in [4.78, 5) is 19.7. The van der Waals surface area contributed by atoms with Crippen LogP contribution in [0.15, 0.2) is 26.3 Å². The lowest BCUT2D eigenvalue weighted by Crippen LogP contribution is -1.75. The minimum absolute atomic E-state index is 0.0419. The molecular formula is C25H33N3O7. The molecule has 4 saturated carbocycles. The second kappa shape index (κ2) is 15.6. The summed E-state index contributed by atoms with van der Waals surface area (Å²) in [7, 11) is 0. The third-order valence-electron chi connectivity index (χ3n) is 5.19. The minimum atomic E-state index is -0.153. The highest BCUT2D eigenvalue weighted by atomic mass is 16.5. The van der Waals surface area contributed by atoms with Crippen LogP contribution in [0.1, 0.15) is 90.9 Å². The maximum absolute atomic E-state index is 10.1. The lowest BCUT2D eigenvalue weighted by Gasteiger charge is -1.79. The molecule has 0 spiro atoms. The van der Waals surface area contributed by atoms with Crippen LogP contribution in [0.4, 0.5) is 0 Å². The van der Waals surface area contributed by atoms with Crippen LogP contribution in [0.3, 0.4) is 0 Å². The fourth-order valence-corrected chi connectivity index (χ4v) is 2.48. The van der Waals surface area contributed by atoms with E-state index < -0.39 is 0 Å². The Hall–Kier alpha value is -3.29. The first-order valence-electron chi connectivity index (χ1n) is 11.7. The summed E-state index contributed by atoms with van der Waals surface area (Å²) in [5, 5.41) is 34.5. The number of aromatic nitrogens is 2. The Bertz CT molecular complexity index is 946. The van der Waals surface area contributed by atoms with Crippen molar-refractivity contribution in [2.24, 2.45) is 17.0 Å². The van der Waals surface area contributed by atoms with Gasteiger partial charge in [-0.2, -0.15) is 0 Å². The number of hydrogen-bond acceptors (Lipinski definition) is 10. The van der Waals surface area contributed by atoms with Gasteiger partial charge in [0.15, 0.2) is 17.8 Å². The van der Waals surface area contributed by atoms with Gasteiger partial charge in [-0.1, -0.05) is 16.2 Å². The van der Waals surface area contributed by atoms with Crippen LogP contribution in [0, 0.1) is 24.2 Å². The van der Waals surface area contributed by atoms with Gasteiger partial charge in [-0.25, -0.2) is 0 Å². The molecule has 3 N–H and O–H groups in total. The first-order valence-corrected chi connectivity index (χ1v) is 11.7. The number of aliphatic hydroxyl groups excluding tert-OH is 2. The number of aldehydes is 2. The highest BCUT2D eigenvalue weighted by Crippen LogP contribution is 2.39. The molecule has 190 valence electrons. The minimum Gasteiger partial charge on any atom is -0.411 e. The second-order valence-corrected chi connectivity index (χ2v) is 8.63. The molecule has 0 radical (unpaired) electrons. The molecule has 2 aromatic heterocycles. The summed E-state index contributed by atoms with van der Waals surface area (Å²) in [6.07, 6.45) is 17.3. The number of oxime groups is 1. The van der Waals surface area contributed by atoms with E-state index >= 15 is 0 Å². The van der Waals surface area contributed by atoms with Crippen LogP contribution in [0.25, 0.3) is 0 Å². The van der Waals surface area contributed by atoms with Gasteiger partial charge >= 0.3 is 0 Å². The maximum Gasteiger partial charge on any atom is 0.199 e. The van der Waals surface area contributed by atoms with Gasteiger partial charge in [-0.3, -0.25) is 4.79 Å². The van der Waals surface area contributed by atoms with E-state index in [0.29, 0.717) is 41.5 Å². The molecule has 35 heavy (non-hydrogen) atoms. The summed E-state index contributed by atoms with van der Waals surface area (Å²) >= 11 is 0. The molecule has 10 heteroatoms. The predicted octanol–water partition coefficient (Wildman–Crippen LogP) is 3.47. The van der Waals surface area contributed by atoms with E-state index in [4.69, 9.17) is 24.5 Å². The molecule has 2 heterocycles. The first kappa shape index (κ1) is 28.0. The monoisotopic (exact) mass is 487 g/mol. The van der Waals surface area contributed by atoms with Gasteiger partial charge in [-0.15, -0.1) is 11.6 Å². The average Bonchev–Trinajstić information content (AvgIpc) is 3.70. The molecule has 0 saturated heterocycles. The van der Waals surface area contributed by atoms with Crippen molar-refractivity contribution >= 4 is 18.8 Å². The van der Waals surface area contributed by atoms with E-state index in [2.05, 4.69) is 21.9 Å². The van der Waals surface area contributed by atoms with Crippen molar-refractivity contribution in [2.45, 2.75) is 69.8 Å². The smallest absolute Gasteiger partial charge is 0.199 e. The van der Waals surface area contributed by atoms with E-state index in [1.165, 1.54) is 38.5 Å². The van der Waals surface area contributed by atoms with E-state index in [-0.39, 0.29) is 13.2 Å². The zero-order chi connectivity index (χ0) is 25.5. The van der Waals surface area contributed by atoms with Crippen LogP contribution < -0.4 is 0 Å².